The minimum Gasteiger partial charge on any atom is -0.448 e. The van der Waals surface area contributed by atoms with Gasteiger partial charge in [0, 0.05) is 28.7 Å². The van der Waals surface area contributed by atoms with E-state index in [1.165, 1.54) is 19.1 Å². The number of hydrogen-bond donors (Lipinski definition) is 1. The molecule has 4 rings (SSSR count). The monoisotopic (exact) mass is 465 g/mol. The first-order valence-electron chi connectivity index (χ1n) is 9.25. The van der Waals surface area contributed by atoms with Crippen molar-refractivity contribution >= 4 is 62.3 Å². The number of hydrogen-bond acceptors (Lipinski definition) is 6. The van der Waals surface area contributed by atoms with Gasteiger partial charge in [0.2, 0.25) is 0 Å². The van der Waals surface area contributed by atoms with E-state index in [0.29, 0.717) is 38.1 Å². The van der Waals surface area contributed by atoms with Crippen molar-refractivity contribution in [2.45, 2.75) is 39.3 Å². The SMILES string of the molecule is Cc1c(C(=O)OC(C)C(=O)Nc2cc(Cl)cc(Cl)c2)sc2nc3n(c(=O)c12)CCC3. The molecule has 7 nitrogen and oxygen atoms in total. The molecule has 10 heteroatoms. The lowest BCUT2D eigenvalue weighted by Gasteiger charge is -2.13. The molecule has 3 heterocycles. The summed E-state index contributed by atoms with van der Waals surface area (Å²) in [6.45, 7) is 3.79. The minimum absolute atomic E-state index is 0.135. The lowest BCUT2D eigenvalue weighted by Crippen LogP contribution is -2.30. The first-order chi connectivity index (χ1) is 14.2. The predicted molar refractivity (Wildman–Crippen MR) is 117 cm³/mol. The molecular formula is C20H17Cl2N3O4S. The number of esters is 1. The van der Waals surface area contributed by atoms with Gasteiger partial charge in [-0.25, -0.2) is 9.78 Å². The predicted octanol–water partition coefficient (Wildman–Crippen LogP) is 4.20. The molecule has 3 aromatic rings. The van der Waals surface area contributed by atoms with Crippen molar-refractivity contribution in [3.8, 4) is 0 Å². The smallest absolute Gasteiger partial charge is 0.349 e. The second-order valence-corrected chi connectivity index (χ2v) is 8.89. The van der Waals surface area contributed by atoms with Gasteiger partial charge in [-0.1, -0.05) is 23.2 Å². The second-order valence-electron chi connectivity index (χ2n) is 7.02. The van der Waals surface area contributed by atoms with Crippen molar-refractivity contribution in [3.63, 3.8) is 0 Å². The van der Waals surface area contributed by atoms with Crippen LogP contribution in [0.1, 0.15) is 34.4 Å². The number of halogens is 2. The number of amides is 1. The number of fused-ring (bicyclic) bond motifs is 2. The molecule has 2 aromatic heterocycles. The number of carbonyl (C=O) groups excluding carboxylic acids is 2. The van der Waals surface area contributed by atoms with Gasteiger partial charge >= 0.3 is 5.97 Å². The van der Waals surface area contributed by atoms with Crippen molar-refractivity contribution in [2.24, 2.45) is 0 Å². The largest absolute Gasteiger partial charge is 0.448 e. The van der Waals surface area contributed by atoms with Crippen molar-refractivity contribution in [3.05, 3.63) is 54.9 Å². The third kappa shape index (κ3) is 3.82. The van der Waals surface area contributed by atoms with Crippen molar-refractivity contribution in [1.29, 1.82) is 0 Å². The fourth-order valence-corrected chi connectivity index (χ4v) is 5.01. The first-order valence-corrected chi connectivity index (χ1v) is 10.8. The Morgan fingerprint density at radius 3 is 2.67 bits per heavy atom. The number of carbonyl (C=O) groups is 2. The Kier molecular flexibility index (Phi) is 5.57. The third-order valence-corrected chi connectivity index (χ3v) is 6.48. The summed E-state index contributed by atoms with van der Waals surface area (Å²) in [7, 11) is 0. The number of anilines is 1. The van der Waals surface area contributed by atoms with E-state index in [2.05, 4.69) is 10.3 Å². The summed E-state index contributed by atoms with van der Waals surface area (Å²) in [4.78, 5) is 43.2. The van der Waals surface area contributed by atoms with Gasteiger partial charge in [0.05, 0.1) is 5.39 Å². The number of ether oxygens (including phenoxy) is 1. The number of benzene rings is 1. The average Bonchev–Trinajstić information content (AvgIpc) is 3.26. The topological polar surface area (TPSA) is 90.3 Å². The van der Waals surface area contributed by atoms with E-state index in [-0.39, 0.29) is 10.4 Å². The molecule has 1 unspecified atom stereocenters. The Bertz CT molecular complexity index is 1230. The van der Waals surface area contributed by atoms with Gasteiger partial charge in [-0.2, -0.15) is 0 Å². The van der Waals surface area contributed by atoms with Gasteiger partial charge in [0.25, 0.3) is 11.5 Å². The number of thiophene rings is 1. The normalized spacial score (nSPS) is 13.9. The number of aromatic nitrogens is 2. The van der Waals surface area contributed by atoms with E-state index in [9.17, 15) is 14.4 Å². The van der Waals surface area contributed by atoms with Crippen molar-refractivity contribution < 1.29 is 14.3 Å². The summed E-state index contributed by atoms with van der Waals surface area (Å²) >= 11 is 13.0. The molecule has 1 N–H and O–H groups in total. The van der Waals surface area contributed by atoms with Gasteiger partial charge in [-0.15, -0.1) is 11.3 Å². The van der Waals surface area contributed by atoms with Crippen LogP contribution >= 0.6 is 34.5 Å². The quantitative estimate of drug-likeness (QED) is 0.582. The molecule has 0 spiro atoms. The van der Waals surface area contributed by atoms with Gasteiger partial charge in [0.15, 0.2) is 6.10 Å². The molecule has 1 aliphatic heterocycles. The van der Waals surface area contributed by atoms with E-state index < -0.39 is 18.0 Å². The molecule has 0 aliphatic carbocycles. The van der Waals surface area contributed by atoms with Crippen LogP contribution in [0.3, 0.4) is 0 Å². The standard InChI is InChI=1S/C20H17Cl2N3O4S/c1-9-15-18(24-14-4-3-5-25(14)19(15)27)30-16(9)20(28)29-10(2)17(26)23-13-7-11(21)6-12(22)8-13/h6-8,10H,3-5H2,1-2H3,(H,23,26). The summed E-state index contributed by atoms with van der Waals surface area (Å²) in [5.41, 5.74) is 0.781. The fourth-order valence-electron chi connectivity index (χ4n) is 3.41. The Labute approximate surface area is 185 Å². The summed E-state index contributed by atoms with van der Waals surface area (Å²) in [6, 6.07) is 4.61. The van der Waals surface area contributed by atoms with Crippen LogP contribution < -0.4 is 10.9 Å². The molecule has 0 saturated carbocycles. The molecule has 1 amide bonds. The summed E-state index contributed by atoms with van der Waals surface area (Å²) in [5, 5.41) is 3.79. The first kappa shape index (κ1) is 20.8. The Morgan fingerprint density at radius 1 is 1.27 bits per heavy atom. The summed E-state index contributed by atoms with van der Waals surface area (Å²) in [5.74, 6) is -0.467. The molecule has 0 radical (unpaired) electrons. The van der Waals surface area contributed by atoms with E-state index >= 15 is 0 Å². The fraction of sp³-hybridized carbons (Fsp3) is 0.300. The minimum atomic E-state index is -1.07. The highest BCUT2D eigenvalue weighted by Crippen LogP contribution is 2.29. The molecule has 0 bridgehead atoms. The zero-order chi connectivity index (χ0) is 21.6. The molecule has 1 atom stereocenters. The number of nitrogens with zero attached hydrogens (tertiary/aromatic N) is 2. The highest BCUT2D eigenvalue weighted by molar-refractivity contribution is 7.20. The van der Waals surface area contributed by atoms with Crippen LogP contribution in [0, 0.1) is 6.92 Å². The molecule has 0 fully saturated rings. The van der Waals surface area contributed by atoms with Crippen LogP contribution in [0.4, 0.5) is 5.69 Å². The highest BCUT2D eigenvalue weighted by Gasteiger charge is 2.26. The lowest BCUT2D eigenvalue weighted by atomic mass is 10.2. The van der Waals surface area contributed by atoms with Gasteiger partial charge in [-0.3, -0.25) is 14.2 Å². The van der Waals surface area contributed by atoms with Crippen molar-refractivity contribution in [1.82, 2.24) is 9.55 Å². The molecule has 156 valence electrons. The van der Waals surface area contributed by atoms with Crippen LogP contribution in [0.25, 0.3) is 10.2 Å². The maximum atomic E-state index is 12.8. The van der Waals surface area contributed by atoms with Crippen LogP contribution in [-0.2, 0) is 22.5 Å². The van der Waals surface area contributed by atoms with Gasteiger partial charge in [0.1, 0.15) is 15.5 Å². The highest BCUT2D eigenvalue weighted by atomic mass is 35.5. The van der Waals surface area contributed by atoms with E-state index in [1.54, 1.807) is 17.6 Å². The van der Waals surface area contributed by atoms with E-state index in [1.807, 2.05) is 0 Å². The average molecular weight is 466 g/mol. The zero-order valence-corrected chi connectivity index (χ0v) is 18.5. The molecule has 0 saturated heterocycles. The van der Waals surface area contributed by atoms with Crippen molar-refractivity contribution in [2.75, 3.05) is 5.32 Å². The number of nitrogens with one attached hydrogen (secondary N) is 1. The zero-order valence-electron chi connectivity index (χ0n) is 16.1. The molecule has 30 heavy (non-hydrogen) atoms. The van der Waals surface area contributed by atoms with E-state index in [0.717, 1.165) is 30.0 Å². The Morgan fingerprint density at radius 2 is 1.97 bits per heavy atom. The lowest BCUT2D eigenvalue weighted by molar-refractivity contribution is -0.123. The van der Waals surface area contributed by atoms with E-state index in [4.69, 9.17) is 27.9 Å². The number of rotatable bonds is 4. The molecule has 1 aliphatic rings. The maximum Gasteiger partial charge on any atom is 0.349 e. The second kappa shape index (κ2) is 8.02. The molecular weight excluding hydrogens is 449 g/mol. The van der Waals surface area contributed by atoms with Crippen LogP contribution in [-0.4, -0.2) is 27.5 Å². The molecule has 1 aromatic carbocycles. The summed E-state index contributed by atoms with van der Waals surface area (Å²) in [6.07, 6.45) is 0.559. The van der Waals surface area contributed by atoms with Crippen LogP contribution in [0.2, 0.25) is 10.0 Å². The Hall–Kier alpha value is -2.42. The van der Waals surface area contributed by atoms with Gasteiger partial charge < -0.3 is 10.1 Å². The number of aryl methyl sites for hydroxylation is 2. The van der Waals surface area contributed by atoms with Gasteiger partial charge in [-0.05, 0) is 44.0 Å². The Balaban J connectivity index is 1.54. The van der Waals surface area contributed by atoms with Crippen LogP contribution in [0.5, 0.6) is 0 Å². The maximum absolute atomic E-state index is 12.8. The summed E-state index contributed by atoms with van der Waals surface area (Å²) < 4.78 is 6.99. The third-order valence-electron chi connectivity index (χ3n) is 4.88. The van der Waals surface area contributed by atoms with Crippen LogP contribution in [0.15, 0.2) is 23.0 Å².